The van der Waals surface area contributed by atoms with E-state index < -0.39 is 0 Å². The zero-order valence-corrected chi connectivity index (χ0v) is 11.5. The summed E-state index contributed by atoms with van der Waals surface area (Å²) in [6.07, 6.45) is 1.33. The van der Waals surface area contributed by atoms with E-state index in [0.29, 0.717) is 29.4 Å². The molecular formula is C13H19ClN2O2. The van der Waals surface area contributed by atoms with E-state index in [4.69, 9.17) is 22.1 Å². The normalized spacial score (nSPS) is 12.0. The monoisotopic (exact) mass is 270 g/mol. The van der Waals surface area contributed by atoms with E-state index >= 15 is 0 Å². The molecule has 1 atom stereocenters. The first-order valence-corrected chi connectivity index (χ1v) is 6.32. The summed E-state index contributed by atoms with van der Waals surface area (Å²) in [6, 6.07) is 5.13. The smallest absolute Gasteiger partial charge is 0.224 e. The molecule has 0 aliphatic carbocycles. The Morgan fingerprint density at radius 2 is 2.28 bits per heavy atom. The molecule has 0 spiro atoms. The van der Waals surface area contributed by atoms with Gasteiger partial charge in [-0.05, 0) is 24.6 Å². The minimum absolute atomic E-state index is 0.0447. The maximum absolute atomic E-state index is 11.8. The number of amides is 1. The first kappa shape index (κ1) is 14.8. The van der Waals surface area contributed by atoms with E-state index in [0.717, 1.165) is 6.42 Å². The number of methoxy groups -OCH3 is 1. The van der Waals surface area contributed by atoms with Crippen molar-refractivity contribution in [2.45, 2.75) is 19.8 Å². The molecule has 0 radical (unpaired) electrons. The summed E-state index contributed by atoms with van der Waals surface area (Å²) < 4.78 is 5.09. The number of carbonyl (C=O) groups excluding carboxylic acids is 1. The zero-order valence-electron chi connectivity index (χ0n) is 10.7. The zero-order chi connectivity index (χ0) is 13.5. The fourth-order valence-corrected chi connectivity index (χ4v) is 1.80. The minimum atomic E-state index is -0.0447. The third-order valence-corrected chi connectivity index (χ3v) is 3.13. The van der Waals surface area contributed by atoms with Crippen molar-refractivity contribution in [3.8, 4) is 5.75 Å². The van der Waals surface area contributed by atoms with Gasteiger partial charge in [0.1, 0.15) is 5.75 Å². The van der Waals surface area contributed by atoms with Gasteiger partial charge in [-0.15, -0.1) is 0 Å². The largest absolute Gasteiger partial charge is 0.495 e. The van der Waals surface area contributed by atoms with Gasteiger partial charge in [0.15, 0.2) is 0 Å². The molecule has 0 aliphatic heterocycles. The van der Waals surface area contributed by atoms with Crippen molar-refractivity contribution in [2.24, 2.45) is 11.7 Å². The highest BCUT2D eigenvalue weighted by Gasteiger charge is 2.11. The molecule has 5 heteroatoms. The first-order valence-electron chi connectivity index (χ1n) is 5.94. The number of hydrogen-bond acceptors (Lipinski definition) is 3. The topological polar surface area (TPSA) is 64.4 Å². The van der Waals surface area contributed by atoms with Crippen LogP contribution in [0.15, 0.2) is 18.2 Å². The second-order valence-electron chi connectivity index (χ2n) is 4.11. The Morgan fingerprint density at radius 3 is 2.83 bits per heavy atom. The maximum Gasteiger partial charge on any atom is 0.224 e. The molecule has 1 rings (SSSR count). The summed E-state index contributed by atoms with van der Waals surface area (Å²) >= 11 is 5.91. The molecule has 1 aromatic rings. The van der Waals surface area contributed by atoms with Gasteiger partial charge in [0.25, 0.3) is 0 Å². The van der Waals surface area contributed by atoms with Gasteiger partial charge in [0, 0.05) is 18.2 Å². The number of nitrogens with two attached hydrogens (primary N) is 1. The molecular weight excluding hydrogens is 252 g/mol. The molecule has 0 saturated heterocycles. The fourth-order valence-electron chi connectivity index (χ4n) is 1.61. The van der Waals surface area contributed by atoms with Gasteiger partial charge in [-0.1, -0.05) is 24.9 Å². The summed E-state index contributed by atoms with van der Waals surface area (Å²) in [7, 11) is 1.54. The number of hydrogen-bond donors (Lipinski definition) is 2. The molecule has 0 aliphatic rings. The number of rotatable bonds is 6. The standard InChI is InChI=1S/C13H19ClN2O2/c1-3-9(8-15)6-13(17)16-10-4-5-11(14)12(7-10)18-2/h4-5,7,9H,3,6,8,15H2,1-2H3,(H,16,17). The molecule has 1 unspecified atom stereocenters. The van der Waals surface area contributed by atoms with Crippen LogP contribution in [0.25, 0.3) is 0 Å². The van der Waals surface area contributed by atoms with Crippen LogP contribution in [0.5, 0.6) is 5.75 Å². The van der Waals surface area contributed by atoms with Gasteiger partial charge in [0.2, 0.25) is 5.91 Å². The molecule has 1 aromatic carbocycles. The van der Waals surface area contributed by atoms with Gasteiger partial charge in [-0.3, -0.25) is 4.79 Å². The highest BCUT2D eigenvalue weighted by molar-refractivity contribution is 6.32. The minimum Gasteiger partial charge on any atom is -0.495 e. The van der Waals surface area contributed by atoms with Crippen molar-refractivity contribution >= 4 is 23.2 Å². The van der Waals surface area contributed by atoms with E-state index in [1.165, 1.54) is 7.11 Å². The van der Waals surface area contributed by atoms with Crippen LogP contribution in [0.1, 0.15) is 19.8 Å². The van der Waals surface area contributed by atoms with Crippen LogP contribution >= 0.6 is 11.6 Å². The van der Waals surface area contributed by atoms with Gasteiger partial charge in [-0.2, -0.15) is 0 Å². The van der Waals surface area contributed by atoms with Crippen molar-refractivity contribution < 1.29 is 9.53 Å². The molecule has 1 amide bonds. The molecule has 0 bridgehead atoms. The van der Waals surface area contributed by atoms with Crippen LogP contribution in [0.4, 0.5) is 5.69 Å². The average Bonchev–Trinajstić information content (AvgIpc) is 2.38. The molecule has 100 valence electrons. The quantitative estimate of drug-likeness (QED) is 0.835. The van der Waals surface area contributed by atoms with E-state index in [-0.39, 0.29) is 11.8 Å². The second-order valence-corrected chi connectivity index (χ2v) is 4.52. The Kier molecular flexibility index (Phi) is 5.95. The summed E-state index contributed by atoms with van der Waals surface area (Å²) in [5, 5.41) is 3.33. The maximum atomic E-state index is 11.8. The van der Waals surface area contributed by atoms with Crippen LogP contribution in [-0.4, -0.2) is 19.6 Å². The Morgan fingerprint density at radius 1 is 1.56 bits per heavy atom. The lowest BCUT2D eigenvalue weighted by Gasteiger charge is -2.12. The molecule has 0 aromatic heterocycles. The lowest BCUT2D eigenvalue weighted by Crippen LogP contribution is -2.21. The van der Waals surface area contributed by atoms with E-state index in [2.05, 4.69) is 5.32 Å². The van der Waals surface area contributed by atoms with Crippen molar-refractivity contribution in [1.82, 2.24) is 0 Å². The number of benzene rings is 1. The number of carbonyl (C=O) groups is 1. The van der Waals surface area contributed by atoms with E-state index in [9.17, 15) is 4.79 Å². The second kappa shape index (κ2) is 7.24. The number of halogens is 1. The van der Waals surface area contributed by atoms with Crippen molar-refractivity contribution in [1.29, 1.82) is 0 Å². The van der Waals surface area contributed by atoms with Crippen molar-refractivity contribution in [3.63, 3.8) is 0 Å². The molecule has 0 heterocycles. The van der Waals surface area contributed by atoms with E-state index in [1.54, 1.807) is 18.2 Å². The van der Waals surface area contributed by atoms with Crippen molar-refractivity contribution in [3.05, 3.63) is 23.2 Å². The Balaban J connectivity index is 2.64. The van der Waals surface area contributed by atoms with Crippen molar-refractivity contribution in [2.75, 3.05) is 19.0 Å². The summed E-state index contributed by atoms with van der Waals surface area (Å²) in [5.74, 6) is 0.719. The SMILES string of the molecule is CCC(CN)CC(=O)Nc1ccc(Cl)c(OC)c1. The molecule has 4 nitrogen and oxygen atoms in total. The highest BCUT2D eigenvalue weighted by atomic mass is 35.5. The molecule has 3 N–H and O–H groups in total. The van der Waals surface area contributed by atoms with Crippen LogP contribution < -0.4 is 15.8 Å². The lowest BCUT2D eigenvalue weighted by atomic mass is 10.0. The predicted octanol–water partition coefficient (Wildman–Crippen LogP) is 2.66. The molecule has 18 heavy (non-hydrogen) atoms. The summed E-state index contributed by atoms with van der Waals surface area (Å²) in [5.41, 5.74) is 6.25. The molecule has 0 fully saturated rings. The van der Waals surface area contributed by atoms with Gasteiger partial charge in [0.05, 0.1) is 12.1 Å². The van der Waals surface area contributed by atoms with Gasteiger partial charge in [-0.25, -0.2) is 0 Å². The van der Waals surface area contributed by atoms with E-state index in [1.807, 2.05) is 6.92 Å². The van der Waals surface area contributed by atoms with Crippen LogP contribution in [0.3, 0.4) is 0 Å². The summed E-state index contributed by atoms with van der Waals surface area (Å²) in [6.45, 7) is 2.55. The van der Waals surface area contributed by atoms with Gasteiger partial charge >= 0.3 is 0 Å². The number of anilines is 1. The van der Waals surface area contributed by atoms with Crippen LogP contribution in [0, 0.1) is 5.92 Å². The lowest BCUT2D eigenvalue weighted by molar-refractivity contribution is -0.117. The Bertz CT molecular complexity index is 406. The third kappa shape index (κ3) is 4.20. The van der Waals surface area contributed by atoms with Gasteiger partial charge < -0.3 is 15.8 Å². The average molecular weight is 271 g/mol. The predicted molar refractivity (Wildman–Crippen MR) is 74.1 cm³/mol. The fraction of sp³-hybridized carbons (Fsp3) is 0.462. The third-order valence-electron chi connectivity index (χ3n) is 2.82. The summed E-state index contributed by atoms with van der Waals surface area (Å²) in [4.78, 5) is 11.8. The Hall–Kier alpha value is -1.26. The van der Waals surface area contributed by atoms with Crippen LogP contribution in [-0.2, 0) is 4.79 Å². The van der Waals surface area contributed by atoms with Crippen LogP contribution in [0.2, 0.25) is 5.02 Å². The first-order chi connectivity index (χ1) is 8.60. The Labute approximate surface area is 112 Å². The highest BCUT2D eigenvalue weighted by Crippen LogP contribution is 2.27. The molecule has 0 saturated carbocycles. The number of ether oxygens (including phenoxy) is 1. The number of nitrogens with one attached hydrogen (secondary N) is 1.